The second kappa shape index (κ2) is 4.65. The standard InChI is InChI=1S/C13H23NO/c1-10(2)14(9-11-7-8-11)12-5-3-4-6-13(12)15/h10-12H,3-9H2,1-2H3. The highest BCUT2D eigenvalue weighted by Crippen LogP contribution is 2.32. The van der Waals surface area contributed by atoms with Crippen LogP contribution < -0.4 is 0 Å². The summed E-state index contributed by atoms with van der Waals surface area (Å²) in [4.78, 5) is 14.4. The number of ketones is 1. The first-order valence-corrected chi connectivity index (χ1v) is 6.47. The zero-order valence-corrected chi connectivity index (χ0v) is 10.0. The first-order chi connectivity index (χ1) is 7.18. The molecule has 2 rings (SSSR count). The molecule has 1 atom stereocenters. The van der Waals surface area contributed by atoms with Crippen LogP contribution in [0.2, 0.25) is 0 Å². The Morgan fingerprint density at radius 3 is 2.53 bits per heavy atom. The van der Waals surface area contributed by atoms with Gasteiger partial charge in [0.2, 0.25) is 0 Å². The van der Waals surface area contributed by atoms with Crippen molar-refractivity contribution in [2.24, 2.45) is 5.92 Å². The summed E-state index contributed by atoms with van der Waals surface area (Å²) in [6.45, 7) is 5.61. The van der Waals surface area contributed by atoms with Gasteiger partial charge < -0.3 is 0 Å². The van der Waals surface area contributed by atoms with E-state index >= 15 is 0 Å². The number of Topliss-reactive ketones (excluding diaryl/α,β-unsaturated/α-hetero) is 1. The Balaban J connectivity index is 1.97. The van der Waals surface area contributed by atoms with Crippen LogP contribution in [0.15, 0.2) is 0 Å². The number of rotatable bonds is 4. The molecule has 2 nitrogen and oxygen atoms in total. The van der Waals surface area contributed by atoms with Crippen LogP contribution in [-0.2, 0) is 4.79 Å². The van der Waals surface area contributed by atoms with Gasteiger partial charge in [-0.25, -0.2) is 0 Å². The van der Waals surface area contributed by atoms with Gasteiger partial charge >= 0.3 is 0 Å². The van der Waals surface area contributed by atoms with Crippen LogP contribution in [-0.4, -0.2) is 29.3 Å². The van der Waals surface area contributed by atoms with Crippen LogP contribution in [0, 0.1) is 5.92 Å². The van der Waals surface area contributed by atoms with Crippen LogP contribution in [0.3, 0.4) is 0 Å². The SMILES string of the molecule is CC(C)N(CC1CC1)C1CCCCC1=O. The third-order valence-corrected chi connectivity index (χ3v) is 3.75. The average Bonchev–Trinajstić information content (AvgIpc) is 2.99. The molecule has 0 N–H and O–H groups in total. The highest BCUT2D eigenvalue weighted by Gasteiger charge is 2.33. The van der Waals surface area contributed by atoms with Crippen LogP contribution in [0.5, 0.6) is 0 Å². The van der Waals surface area contributed by atoms with Crippen molar-refractivity contribution >= 4 is 5.78 Å². The number of nitrogens with zero attached hydrogens (tertiary/aromatic N) is 1. The predicted octanol–water partition coefficient (Wildman–Crippen LogP) is 2.62. The van der Waals surface area contributed by atoms with Crippen molar-refractivity contribution < 1.29 is 4.79 Å². The third kappa shape index (κ3) is 2.81. The van der Waals surface area contributed by atoms with Gasteiger partial charge in [0, 0.05) is 19.0 Å². The first kappa shape index (κ1) is 11.1. The van der Waals surface area contributed by atoms with Crippen molar-refractivity contribution in [3.63, 3.8) is 0 Å². The molecule has 2 saturated carbocycles. The van der Waals surface area contributed by atoms with E-state index in [1.54, 1.807) is 0 Å². The highest BCUT2D eigenvalue weighted by atomic mass is 16.1. The Labute approximate surface area is 93.0 Å². The van der Waals surface area contributed by atoms with Crippen LogP contribution >= 0.6 is 0 Å². The zero-order valence-electron chi connectivity index (χ0n) is 10.0. The number of hydrogen-bond acceptors (Lipinski definition) is 2. The largest absolute Gasteiger partial charge is 0.298 e. The molecule has 0 radical (unpaired) electrons. The van der Waals surface area contributed by atoms with E-state index in [9.17, 15) is 4.79 Å². The average molecular weight is 209 g/mol. The molecule has 1 unspecified atom stereocenters. The Morgan fingerprint density at radius 1 is 1.27 bits per heavy atom. The van der Waals surface area contributed by atoms with E-state index in [0.29, 0.717) is 11.8 Å². The van der Waals surface area contributed by atoms with Crippen molar-refractivity contribution in [3.8, 4) is 0 Å². The molecule has 0 heterocycles. The lowest BCUT2D eigenvalue weighted by atomic mass is 9.92. The van der Waals surface area contributed by atoms with Gasteiger partial charge in [-0.2, -0.15) is 0 Å². The predicted molar refractivity (Wildman–Crippen MR) is 61.8 cm³/mol. The summed E-state index contributed by atoms with van der Waals surface area (Å²) in [5.41, 5.74) is 0. The lowest BCUT2D eigenvalue weighted by molar-refractivity contribution is -0.127. The van der Waals surface area contributed by atoms with Crippen molar-refractivity contribution in [1.82, 2.24) is 4.90 Å². The van der Waals surface area contributed by atoms with E-state index in [2.05, 4.69) is 18.7 Å². The lowest BCUT2D eigenvalue weighted by Gasteiger charge is -2.36. The zero-order chi connectivity index (χ0) is 10.8. The highest BCUT2D eigenvalue weighted by molar-refractivity contribution is 5.84. The van der Waals surface area contributed by atoms with E-state index in [1.807, 2.05) is 0 Å². The summed E-state index contributed by atoms with van der Waals surface area (Å²) < 4.78 is 0. The van der Waals surface area contributed by atoms with Gasteiger partial charge in [0.25, 0.3) is 0 Å². The Kier molecular flexibility index (Phi) is 3.45. The molecule has 86 valence electrons. The van der Waals surface area contributed by atoms with Crippen molar-refractivity contribution in [2.45, 2.75) is 64.5 Å². The summed E-state index contributed by atoms with van der Waals surface area (Å²) in [6, 6.07) is 0.775. The number of hydrogen-bond donors (Lipinski definition) is 0. The molecule has 2 heteroatoms. The summed E-state index contributed by atoms with van der Waals surface area (Å²) in [7, 11) is 0. The monoisotopic (exact) mass is 209 g/mol. The maximum atomic E-state index is 11.9. The minimum absolute atomic E-state index is 0.249. The number of carbonyl (C=O) groups excluding carboxylic acids is 1. The smallest absolute Gasteiger partial charge is 0.149 e. The Bertz CT molecular complexity index is 233. The summed E-state index contributed by atoms with van der Waals surface area (Å²) in [5.74, 6) is 1.39. The molecule has 0 aromatic rings. The lowest BCUT2D eigenvalue weighted by Crippen LogP contribution is -2.47. The molecular weight excluding hydrogens is 186 g/mol. The number of carbonyl (C=O) groups is 1. The van der Waals surface area contributed by atoms with Gasteiger partial charge in [0.05, 0.1) is 6.04 Å². The molecule has 0 aromatic heterocycles. The third-order valence-electron chi connectivity index (χ3n) is 3.75. The molecule has 0 saturated heterocycles. The Hall–Kier alpha value is -0.370. The normalized spacial score (nSPS) is 27.7. The van der Waals surface area contributed by atoms with E-state index in [0.717, 1.165) is 31.7 Å². The molecule has 0 aliphatic heterocycles. The fraction of sp³-hybridized carbons (Fsp3) is 0.923. The van der Waals surface area contributed by atoms with E-state index in [-0.39, 0.29) is 6.04 Å². The van der Waals surface area contributed by atoms with E-state index < -0.39 is 0 Å². The molecule has 15 heavy (non-hydrogen) atoms. The fourth-order valence-electron chi connectivity index (χ4n) is 2.61. The second-order valence-corrected chi connectivity index (χ2v) is 5.46. The van der Waals surface area contributed by atoms with Gasteiger partial charge in [-0.05, 0) is 45.4 Å². The van der Waals surface area contributed by atoms with Gasteiger partial charge in [0.1, 0.15) is 5.78 Å². The first-order valence-electron chi connectivity index (χ1n) is 6.47. The maximum Gasteiger partial charge on any atom is 0.149 e. The quantitative estimate of drug-likeness (QED) is 0.709. The summed E-state index contributed by atoms with van der Waals surface area (Å²) >= 11 is 0. The van der Waals surface area contributed by atoms with Gasteiger partial charge in [-0.15, -0.1) is 0 Å². The van der Waals surface area contributed by atoms with Crippen LogP contribution in [0.4, 0.5) is 0 Å². The molecule has 0 spiro atoms. The fourth-order valence-corrected chi connectivity index (χ4v) is 2.61. The van der Waals surface area contributed by atoms with Crippen molar-refractivity contribution in [3.05, 3.63) is 0 Å². The maximum absolute atomic E-state index is 11.9. The molecular formula is C13H23NO. The van der Waals surface area contributed by atoms with E-state index in [1.165, 1.54) is 19.3 Å². The van der Waals surface area contributed by atoms with Crippen molar-refractivity contribution in [1.29, 1.82) is 0 Å². The summed E-state index contributed by atoms with van der Waals surface area (Å²) in [5, 5.41) is 0. The molecule has 0 amide bonds. The van der Waals surface area contributed by atoms with Gasteiger partial charge in [0.15, 0.2) is 0 Å². The summed E-state index contributed by atoms with van der Waals surface area (Å²) in [6.07, 6.45) is 7.03. The van der Waals surface area contributed by atoms with E-state index in [4.69, 9.17) is 0 Å². The molecule has 0 aromatic carbocycles. The molecule has 2 aliphatic rings. The van der Waals surface area contributed by atoms with Gasteiger partial charge in [-0.3, -0.25) is 9.69 Å². The van der Waals surface area contributed by atoms with Crippen LogP contribution in [0.25, 0.3) is 0 Å². The van der Waals surface area contributed by atoms with Gasteiger partial charge in [-0.1, -0.05) is 6.42 Å². The second-order valence-electron chi connectivity index (χ2n) is 5.46. The van der Waals surface area contributed by atoms with Crippen LogP contribution in [0.1, 0.15) is 52.4 Å². The molecule has 2 aliphatic carbocycles. The molecule has 0 bridgehead atoms. The topological polar surface area (TPSA) is 20.3 Å². The molecule has 2 fully saturated rings. The minimum Gasteiger partial charge on any atom is -0.298 e. The van der Waals surface area contributed by atoms with Crippen molar-refractivity contribution in [2.75, 3.05) is 6.54 Å². The Morgan fingerprint density at radius 2 is 2.00 bits per heavy atom. The minimum atomic E-state index is 0.249.